The molecule has 1 heterocycles. The van der Waals surface area contributed by atoms with Gasteiger partial charge in [0, 0.05) is 17.3 Å². The first kappa shape index (κ1) is 11.2. The average molecular weight is 208 g/mol. The summed E-state index contributed by atoms with van der Waals surface area (Å²) in [7, 11) is 0. The van der Waals surface area contributed by atoms with Crippen molar-refractivity contribution in [2.45, 2.75) is 32.2 Å². The standard InChI is InChI=1S/C11H16N2S/c1-10(11-6-5-9-14-11)13-8-4-2-3-7-12/h5-6,9-10,13H,2-4,8H2,1H3. The van der Waals surface area contributed by atoms with Gasteiger partial charge in [-0.25, -0.2) is 0 Å². The average Bonchev–Trinajstić information content (AvgIpc) is 2.70. The van der Waals surface area contributed by atoms with Crippen molar-refractivity contribution in [1.29, 1.82) is 5.26 Å². The lowest BCUT2D eigenvalue weighted by molar-refractivity contribution is 0.555. The van der Waals surface area contributed by atoms with Crippen molar-refractivity contribution in [3.8, 4) is 6.07 Å². The maximum atomic E-state index is 8.36. The minimum atomic E-state index is 0.442. The third-order valence-corrected chi connectivity index (χ3v) is 3.19. The zero-order chi connectivity index (χ0) is 10.2. The molecule has 0 fully saturated rings. The first-order valence-corrected chi connectivity index (χ1v) is 5.86. The molecule has 0 aromatic carbocycles. The summed E-state index contributed by atoms with van der Waals surface area (Å²) in [5, 5.41) is 13.9. The number of hydrogen-bond donors (Lipinski definition) is 1. The van der Waals surface area contributed by atoms with Crippen LogP contribution in [0.15, 0.2) is 17.5 Å². The van der Waals surface area contributed by atoms with Crippen molar-refractivity contribution in [1.82, 2.24) is 5.32 Å². The van der Waals surface area contributed by atoms with Gasteiger partial charge < -0.3 is 5.32 Å². The SMILES string of the molecule is CC(NCCCCC#N)c1cccs1. The fourth-order valence-corrected chi connectivity index (χ4v) is 2.04. The van der Waals surface area contributed by atoms with E-state index in [0.717, 1.165) is 19.4 Å². The van der Waals surface area contributed by atoms with Gasteiger partial charge >= 0.3 is 0 Å². The van der Waals surface area contributed by atoms with Gasteiger partial charge in [-0.2, -0.15) is 5.26 Å². The van der Waals surface area contributed by atoms with Gasteiger partial charge in [0.1, 0.15) is 0 Å². The van der Waals surface area contributed by atoms with Crippen LogP contribution in [-0.4, -0.2) is 6.54 Å². The molecule has 0 radical (unpaired) electrons. The summed E-state index contributed by atoms with van der Waals surface area (Å²) in [5.41, 5.74) is 0. The van der Waals surface area contributed by atoms with Crippen LogP contribution in [0.1, 0.15) is 37.1 Å². The van der Waals surface area contributed by atoms with Crippen LogP contribution >= 0.6 is 11.3 Å². The Balaban J connectivity index is 2.10. The van der Waals surface area contributed by atoms with E-state index < -0.39 is 0 Å². The zero-order valence-corrected chi connectivity index (χ0v) is 9.31. The second-order valence-corrected chi connectivity index (χ2v) is 4.29. The molecule has 3 heteroatoms. The molecule has 1 unspecified atom stereocenters. The predicted molar refractivity (Wildman–Crippen MR) is 60.2 cm³/mol. The van der Waals surface area contributed by atoms with Gasteiger partial charge in [-0.05, 0) is 37.8 Å². The Hall–Kier alpha value is -0.850. The van der Waals surface area contributed by atoms with Gasteiger partial charge in [0.2, 0.25) is 0 Å². The number of rotatable bonds is 6. The third-order valence-electron chi connectivity index (χ3n) is 2.14. The van der Waals surface area contributed by atoms with Crippen LogP contribution in [0, 0.1) is 11.3 Å². The molecule has 0 aliphatic carbocycles. The monoisotopic (exact) mass is 208 g/mol. The first-order chi connectivity index (χ1) is 6.84. The van der Waals surface area contributed by atoms with E-state index >= 15 is 0 Å². The van der Waals surface area contributed by atoms with Crippen molar-refractivity contribution in [3.05, 3.63) is 22.4 Å². The summed E-state index contributed by atoms with van der Waals surface area (Å²) in [6.45, 7) is 3.18. The van der Waals surface area contributed by atoms with Crippen LogP contribution in [0.25, 0.3) is 0 Å². The number of unbranched alkanes of at least 4 members (excludes halogenated alkanes) is 2. The van der Waals surface area contributed by atoms with E-state index in [1.54, 1.807) is 11.3 Å². The minimum absolute atomic E-state index is 0.442. The summed E-state index contributed by atoms with van der Waals surface area (Å²) in [6, 6.07) is 6.83. The highest BCUT2D eigenvalue weighted by molar-refractivity contribution is 7.10. The molecule has 0 saturated carbocycles. The lowest BCUT2D eigenvalue weighted by Gasteiger charge is -2.11. The molecule has 0 spiro atoms. The van der Waals surface area contributed by atoms with E-state index in [2.05, 4.69) is 35.8 Å². The Labute approximate surface area is 89.6 Å². The van der Waals surface area contributed by atoms with Crippen molar-refractivity contribution in [3.63, 3.8) is 0 Å². The maximum Gasteiger partial charge on any atom is 0.0621 e. The maximum absolute atomic E-state index is 8.36. The molecule has 0 saturated heterocycles. The van der Waals surface area contributed by atoms with Gasteiger partial charge in [-0.15, -0.1) is 11.3 Å². The van der Waals surface area contributed by atoms with Crippen molar-refractivity contribution >= 4 is 11.3 Å². The predicted octanol–water partition coefficient (Wildman–Crippen LogP) is 3.09. The van der Waals surface area contributed by atoms with E-state index in [9.17, 15) is 0 Å². The number of thiophene rings is 1. The number of nitrogens with one attached hydrogen (secondary N) is 1. The largest absolute Gasteiger partial charge is 0.309 e. The van der Waals surface area contributed by atoms with Crippen molar-refractivity contribution < 1.29 is 0 Å². The van der Waals surface area contributed by atoms with Gasteiger partial charge in [0.15, 0.2) is 0 Å². The van der Waals surface area contributed by atoms with E-state index in [1.165, 1.54) is 4.88 Å². The third kappa shape index (κ3) is 3.91. The lowest BCUT2D eigenvalue weighted by atomic mass is 10.2. The Bertz CT molecular complexity index is 274. The van der Waals surface area contributed by atoms with E-state index in [4.69, 9.17) is 5.26 Å². The Morgan fingerprint density at radius 2 is 2.43 bits per heavy atom. The molecule has 1 aromatic heterocycles. The fraction of sp³-hybridized carbons (Fsp3) is 0.545. The Morgan fingerprint density at radius 3 is 3.07 bits per heavy atom. The molecule has 1 rings (SSSR count). The minimum Gasteiger partial charge on any atom is -0.309 e. The fourth-order valence-electron chi connectivity index (χ4n) is 1.29. The lowest BCUT2D eigenvalue weighted by Crippen LogP contribution is -2.18. The van der Waals surface area contributed by atoms with E-state index in [0.29, 0.717) is 12.5 Å². The summed E-state index contributed by atoms with van der Waals surface area (Å²) < 4.78 is 0. The van der Waals surface area contributed by atoms with Crippen molar-refractivity contribution in [2.75, 3.05) is 6.54 Å². The molecule has 0 amide bonds. The Morgan fingerprint density at radius 1 is 1.57 bits per heavy atom. The van der Waals surface area contributed by atoms with Gasteiger partial charge in [-0.1, -0.05) is 6.07 Å². The highest BCUT2D eigenvalue weighted by atomic mass is 32.1. The van der Waals surface area contributed by atoms with E-state index in [1.807, 2.05) is 0 Å². The summed E-state index contributed by atoms with van der Waals surface area (Å²) >= 11 is 1.78. The summed E-state index contributed by atoms with van der Waals surface area (Å²) in [5.74, 6) is 0. The number of hydrogen-bond acceptors (Lipinski definition) is 3. The molecule has 1 aromatic rings. The second kappa shape index (κ2) is 6.58. The highest BCUT2D eigenvalue weighted by Gasteiger charge is 2.03. The number of nitrogens with zero attached hydrogens (tertiary/aromatic N) is 1. The molecule has 0 aliphatic heterocycles. The van der Waals surface area contributed by atoms with Gasteiger partial charge in [0.05, 0.1) is 6.07 Å². The Kier molecular flexibility index (Phi) is 5.28. The topological polar surface area (TPSA) is 35.8 Å². The quantitative estimate of drug-likeness (QED) is 0.729. The first-order valence-electron chi connectivity index (χ1n) is 4.98. The number of nitriles is 1. The molecular formula is C11H16N2S. The molecule has 14 heavy (non-hydrogen) atoms. The highest BCUT2D eigenvalue weighted by Crippen LogP contribution is 2.17. The van der Waals surface area contributed by atoms with Crippen LogP contribution in [0.3, 0.4) is 0 Å². The molecular weight excluding hydrogens is 192 g/mol. The molecule has 2 nitrogen and oxygen atoms in total. The van der Waals surface area contributed by atoms with E-state index in [-0.39, 0.29) is 0 Å². The van der Waals surface area contributed by atoms with Crippen LogP contribution in [0.2, 0.25) is 0 Å². The summed E-state index contributed by atoms with van der Waals surface area (Å²) in [4.78, 5) is 1.38. The molecule has 76 valence electrons. The summed E-state index contributed by atoms with van der Waals surface area (Å²) in [6.07, 6.45) is 2.76. The van der Waals surface area contributed by atoms with Crippen LogP contribution < -0.4 is 5.32 Å². The van der Waals surface area contributed by atoms with Crippen LogP contribution in [-0.2, 0) is 0 Å². The van der Waals surface area contributed by atoms with Crippen LogP contribution in [0.5, 0.6) is 0 Å². The van der Waals surface area contributed by atoms with Gasteiger partial charge in [0.25, 0.3) is 0 Å². The second-order valence-electron chi connectivity index (χ2n) is 3.31. The van der Waals surface area contributed by atoms with Gasteiger partial charge in [-0.3, -0.25) is 0 Å². The molecule has 1 atom stereocenters. The van der Waals surface area contributed by atoms with Crippen LogP contribution in [0.4, 0.5) is 0 Å². The molecule has 0 bridgehead atoms. The molecule has 0 aliphatic rings. The smallest absolute Gasteiger partial charge is 0.0621 e. The normalized spacial score (nSPS) is 12.3. The van der Waals surface area contributed by atoms with Crippen molar-refractivity contribution in [2.24, 2.45) is 0 Å². The molecule has 1 N–H and O–H groups in total. The zero-order valence-electron chi connectivity index (χ0n) is 8.49.